The van der Waals surface area contributed by atoms with Crippen LogP contribution in [0.3, 0.4) is 0 Å². The molecule has 1 N–H and O–H groups in total. The Bertz CT molecular complexity index is 903. The first-order valence-corrected chi connectivity index (χ1v) is 9.39. The molecule has 0 atom stereocenters. The Hall–Kier alpha value is -2.33. The van der Waals surface area contributed by atoms with Gasteiger partial charge in [-0.3, -0.25) is 0 Å². The number of hydrogen-bond acceptors (Lipinski definition) is 2. The van der Waals surface area contributed by atoms with Gasteiger partial charge in [-0.2, -0.15) is 0 Å². The lowest BCUT2D eigenvalue weighted by Crippen LogP contribution is -2.07. The molecule has 2 aromatic carbocycles. The fourth-order valence-electron chi connectivity index (χ4n) is 2.47. The van der Waals surface area contributed by atoms with Gasteiger partial charge in [0.05, 0.1) is 17.7 Å². The summed E-state index contributed by atoms with van der Waals surface area (Å²) in [6, 6.07) is 8.65. The molecule has 0 radical (unpaired) electrons. The Labute approximate surface area is 165 Å². The van der Waals surface area contributed by atoms with Crippen molar-refractivity contribution in [3.8, 4) is 0 Å². The van der Waals surface area contributed by atoms with E-state index in [1.54, 1.807) is 26.0 Å². The second-order valence-corrected chi connectivity index (χ2v) is 6.13. The van der Waals surface area contributed by atoms with Gasteiger partial charge >= 0.3 is 5.97 Å². The van der Waals surface area contributed by atoms with Crippen LogP contribution >= 0.6 is 11.6 Å². The van der Waals surface area contributed by atoms with Gasteiger partial charge in [-0.1, -0.05) is 43.6 Å². The van der Waals surface area contributed by atoms with Crippen molar-refractivity contribution in [3.05, 3.63) is 69.6 Å². The van der Waals surface area contributed by atoms with Crippen molar-refractivity contribution in [3.63, 3.8) is 0 Å². The van der Waals surface area contributed by atoms with Gasteiger partial charge in [0.25, 0.3) is 0 Å². The zero-order valence-corrected chi connectivity index (χ0v) is 17.5. The van der Waals surface area contributed by atoms with E-state index >= 15 is 0 Å². The zero-order valence-electron chi connectivity index (χ0n) is 16.7. The van der Waals surface area contributed by atoms with Crippen molar-refractivity contribution in [2.45, 2.75) is 41.5 Å². The summed E-state index contributed by atoms with van der Waals surface area (Å²) in [4.78, 5) is 14.4. The number of esters is 1. The van der Waals surface area contributed by atoms with Crippen LogP contribution in [0.15, 0.2) is 36.5 Å². The second kappa shape index (κ2) is 10.7. The summed E-state index contributed by atoms with van der Waals surface area (Å²) in [5.74, 6) is -1.11. The highest BCUT2D eigenvalue weighted by molar-refractivity contribution is 6.32. The van der Waals surface area contributed by atoms with Gasteiger partial charge in [0.2, 0.25) is 0 Å². The monoisotopic (exact) mass is 391 g/mol. The van der Waals surface area contributed by atoms with Crippen LogP contribution in [0.25, 0.3) is 10.9 Å². The van der Waals surface area contributed by atoms with Crippen LogP contribution in [0.2, 0.25) is 5.02 Å². The first-order chi connectivity index (χ1) is 12.9. The predicted molar refractivity (Wildman–Crippen MR) is 111 cm³/mol. The van der Waals surface area contributed by atoms with Crippen LogP contribution in [0.5, 0.6) is 0 Å². The normalized spacial score (nSPS) is 9.78. The van der Waals surface area contributed by atoms with E-state index in [2.05, 4.69) is 22.7 Å². The van der Waals surface area contributed by atoms with E-state index in [9.17, 15) is 9.18 Å². The number of fused-ring (bicyclic) bond motifs is 1. The smallest absolute Gasteiger partial charge is 0.341 e. The van der Waals surface area contributed by atoms with E-state index in [-0.39, 0.29) is 12.2 Å². The highest BCUT2D eigenvalue weighted by atomic mass is 35.5. The SMILES string of the molecule is CC.CCOC(=O)c1cccc(C)c1F.Cc1c[nH]c2c(C)c(Cl)ccc12. The van der Waals surface area contributed by atoms with E-state index in [4.69, 9.17) is 11.6 Å². The fraction of sp³-hybridized carbons (Fsp3) is 0.318. The predicted octanol–water partition coefficient (Wildman–Crippen LogP) is 6.78. The first kappa shape index (κ1) is 22.7. The largest absolute Gasteiger partial charge is 0.462 e. The molecule has 0 saturated carbocycles. The Balaban J connectivity index is 0.000000248. The molecular weight excluding hydrogens is 365 g/mol. The lowest BCUT2D eigenvalue weighted by molar-refractivity contribution is 0.0521. The molecule has 0 fully saturated rings. The molecule has 3 rings (SSSR count). The first-order valence-electron chi connectivity index (χ1n) is 9.01. The number of carbonyl (C=O) groups is 1. The molecule has 1 aromatic heterocycles. The van der Waals surface area contributed by atoms with Crippen molar-refractivity contribution in [2.75, 3.05) is 6.61 Å². The number of hydrogen-bond donors (Lipinski definition) is 1. The molecule has 0 unspecified atom stereocenters. The minimum absolute atomic E-state index is 0.00171. The van der Waals surface area contributed by atoms with Crippen molar-refractivity contribution in [1.29, 1.82) is 0 Å². The summed E-state index contributed by atoms with van der Waals surface area (Å²) in [6.45, 7) is 11.7. The molecule has 27 heavy (non-hydrogen) atoms. The maximum atomic E-state index is 13.3. The number of carbonyl (C=O) groups excluding carboxylic acids is 1. The van der Waals surface area contributed by atoms with Crippen LogP contribution in [-0.4, -0.2) is 17.6 Å². The van der Waals surface area contributed by atoms with Crippen molar-refractivity contribution in [2.24, 2.45) is 0 Å². The van der Waals surface area contributed by atoms with Gasteiger partial charge in [-0.05, 0) is 56.5 Å². The van der Waals surface area contributed by atoms with Crippen LogP contribution in [0.4, 0.5) is 4.39 Å². The van der Waals surface area contributed by atoms with E-state index < -0.39 is 11.8 Å². The summed E-state index contributed by atoms with van der Waals surface area (Å²) < 4.78 is 18.0. The third kappa shape index (κ3) is 5.57. The molecule has 146 valence electrons. The summed E-state index contributed by atoms with van der Waals surface area (Å²) in [5, 5.41) is 2.08. The third-order valence-corrected chi connectivity index (χ3v) is 4.35. The lowest BCUT2D eigenvalue weighted by atomic mass is 10.1. The number of rotatable bonds is 2. The summed E-state index contributed by atoms with van der Waals surface area (Å²) in [6.07, 6.45) is 2.01. The lowest BCUT2D eigenvalue weighted by Gasteiger charge is -2.04. The average molecular weight is 392 g/mol. The molecular formula is C22H27ClFNO2. The Morgan fingerprint density at radius 3 is 2.41 bits per heavy atom. The molecule has 3 nitrogen and oxygen atoms in total. The van der Waals surface area contributed by atoms with E-state index in [0.29, 0.717) is 5.56 Å². The Morgan fingerprint density at radius 1 is 1.11 bits per heavy atom. The molecule has 1 heterocycles. The molecule has 0 bridgehead atoms. The highest BCUT2D eigenvalue weighted by Crippen LogP contribution is 2.26. The minimum atomic E-state index is -0.608. The van der Waals surface area contributed by atoms with Gasteiger partial charge in [0.1, 0.15) is 5.82 Å². The number of benzene rings is 2. The molecule has 5 heteroatoms. The Kier molecular flexibility index (Phi) is 9.03. The van der Waals surface area contributed by atoms with Crippen LogP contribution in [0.1, 0.15) is 47.8 Å². The topological polar surface area (TPSA) is 42.1 Å². The number of ether oxygens (including phenoxy) is 1. The Morgan fingerprint density at radius 2 is 1.78 bits per heavy atom. The minimum Gasteiger partial charge on any atom is -0.462 e. The number of aromatic amines is 1. The van der Waals surface area contributed by atoms with Gasteiger partial charge in [0.15, 0.2) is 0 Å². The van der Waals surface area contributed by atoms with Gasteiger partial charge in [-0.15, -0.1) is 0 Å². The maximum absolute atomic E-state index is 13.3. The molecule has 0 aliphatic rings. The summed E-state index contributed by atoms with van der Waals surface area (Å²) in [5.41, 5.74) is 4.00. The van der Waals surface area contributed by atoms with Crippen molar-refractivity contribution < 1.29 is 13.9 Å². The number of H-pyrrole nitrogens is 1. The maximum Gasteiger partial charge on any atom is 0.341 e. The van der Waals surface area contributed by atoms with Crippen LogP contribution < -0.4 is 0 Å². The second-order valence-electron chi connectivity index (χ2n) is 5.72. The van der Waals surface area contributed by atoms with E-state index in [1.807, 2.05) is 33.0 Å². The standard InChI is InChI=1S/C10H10ClN.C10H11FO2.C2H6/c1-6-5-12-10-7(2)9(11)4-3-8(6)10;1-3-13-10(12)8-6-4-5-7(2)9(8)11;1-2/h3-5,12H,1-2H3;4-6H,3H2,1-2H3;1-2H3. The molecule has 0 spiro atoms. The third-order valence-electron chi connectivity index (χ3n) is 3.94. The number of aromatic nitrogens is 1. The van der Waals surface area contributed by atoms with E-state index in [1.165, 1.54) is 17.0 Å². The molecule has 0 aliphatic carbocycles. The number of aryl methyl sites for hydroxylation is 3. The number of nitrogens with one attached hydrogen (secondary N) is 1. The molecule has 3 aromatic rings. The van der Waals surface area contributed by atoms with Crippen molar-refractivity contribution >= 4 is 28.5 Å². The van der Waals surface area contributed by atoms with Gasteiger partial charge < -0.3 is 9.72 Å². The zero-order chi connectivity index (χ0) is 20.6. The van der Waals surface area contributed by atoms with Crippen LogP contribution in [-0.2, 0) is 4.74 Å². The van der Waals surface area contributed by atoms with E-state index in [0.717, 1.165) is 16.1 Å². The molecule has 0 aliphatic heterocycles. The summed E-state index contributed by atoms with van der Waals surface area (Å²) >= 11 is 5.98. The van der Waals surface area contributed by atoms with Crippen molar-refractivity contribution in [1.82, 2.24) is 4.98 Å². The van der Waals surface area contributed by atoms with Gasteiger partial charge in [-0.25, -0.2) is 9.18 Å². The fourth-order valence-corrected chi connectivity index (χ4v) is 2.63. The molecule has 0 amide bonds. The number of halogens is 2. The highest BCUT2D eigenvalue weighted by Gasteiger charge is 2.13. The summed E-state index contributed by atoms with van der Waals surface area (Å²) in [7, 11) is 0. The quantitative estimate of drug-likeness (QED) is 0.489. The molecule has 0 saturated heterocycles. The van der Waals surface area contributed by atoms with Gasteiger partial charge in [0, 0.05) is 16.6 Å². The average Bonchev–Trinajstić information content (AvgIpc) is 3.04. The van der Waals surface area contributed by atoms with Crippen LogP contribution in [0, 0.1) is 26.6 Å².